The van der Waals surface area contributed by atoms with Crippen LogP contribution in [0.25, 0.3) is 11.1 Å². The van der Waals surface area contributed by atoms with Crippen molar-refractivity contribution in [2.45, 2.75) is 13.1 Å². The van der Waals surface area contributed by atoms with Crippen molar-refractivity contribution in [1.29, 1.82) is 0 Å². The zero-order valence-corrected chi connectivity index (χ0v) is 17.8. The molecule has 0 unspecified atom stereocenters. The van der Waals surface area contributed by atoms with Crippen molar-refractivity contribution >= 4 is 30.8 Å². The Hall–Kier alpha value is -2.79. The van der Waals surface area contributed by atoms with Crippen molar-refractivity contribution in [3.8, 4) is 11.8 Å². The first-order chi connectivity index (χ1) is 13.6. The van der Waals surface area contributed by atoms with Crippen LogP contribution in [0.4, 0.5) is 0 Å². The van der Waals surface area contributed by atoms with Gasteiger partial charge in [0.2, 0.25) is 0 Å². The largest absolute Gasteiger partial charge is 0.138 e. The van der Waals surface area contributed by atoms with E-state index in [1.54, 1.807) is 0 Å². The summed E-state index contributed by atoms with van der Waals surface area (Å²) in [6.45, 7) is 4.59. The van der Waals surface area contributed by atoms with Crippen molar-refractivity contribution in [1.82, 2.24) is 0 Å². The van der Waals surface area contributed by atoms with Crippen LogP contribution in [0, 0.1) is 11.8 Å². The molecule has 2 heteroatoms. The first-order valence-electron chi connectivity index (χ1n) is 9.42. The van der Waals surface area contributed by atoms with E-state index in [1.807, 2.05) is 42.5 Å². The first kappa shape index (κ1) is 18.6. The quantitative estimate of drug-likeness (QED) is 0.325. The SMILES string of the molecule is C[Si]1(C)C(Cl)=C(c2ccccc2)C(c2ccccc2)=C1C#Cc1ccccc1. The molecule has 3 aromatic carbocycles. The average molecular weight is 397 g/mol. The standard InChI is InChI=1S/C26H21ClSi/c1-28(2)23(19-18-20-12-6-3-7-13-20)24(21-14-8-4-9-15-21)25(26(28)27)22-16-10-5-11-17-22/h3-17H,1-2H3. The number of halogens is 1. The summed E-state index contributed by atoms with van der Waals surface area (Å²) >= 11 is 7.06. The van der Waals surface area contributed by atoms with Crippen LogP contribution in [0.1, 0.15) is 16.7 Å². The van der Waals surface area contributed by atoms with Crippen molar-refractivity contribution in [3.63, 3.8) is 0 Å². The molecule has 0 saturated carbocycles. The third-order valence-corrected chi connectivity index (χ3v) is 9.70. The van der Waals surface area contributed by atoms with Gasteiger partial charge in [0.25, 0.3) is 0 Å². The number of allylic oxidation sites excluding steroid dienone is 3. The molecule has 0 radical (unpaired) electrons. The molecular weight excluding hydrogens is 376 g/mol. The van der Waals surface area contributed by atoms with E-state index in [-0.39, 0.29) is 0 Å². The highest BCUT2D eigenvalue weighted by atomic mass is 35.5. The Bertz CT molecular complexity index is 1110. The molecular formula is C26H21ClSi. The zero-order valence-electron chi connectivity index (χ0n) is 16.0. The topological polar surface area (TPSA) is 0 Å². The lowest BCUT2D eigenvalue weighted by atomic mass is 9.93. The van der Waals surface area contributed by atoms with E-state index < -0.39 is 8.07 Å². The van der Waals surface area contributed by atoms with E-state index in [0.29, 0.717) is 0 Å². The Kier molecular flexibility index (Phi) is 5.09. The molecule has 0 bridgehead atoms. The van der Waals surface area contributed by atoms with Gasteiger partial charge in [0, 0.05) is 21.0 Å². The molecule has 0 aliphatic carbocycles. The second kappa shape index (κ2) is 7.68. The van der Waals surface area contributed by atoms with E-state index in [1.165, 1.54) is 16.3 Å². The highest BCUT2D eigenvalue weighted by Gasteiger charge is 2.41. The highest BCUT2D eigenvalue weighted by molar-refractivity contribution is 7.02. The maximum atomic E-state index is 7.06. The summed E-state index contributed by atoms with van der Waals surface area (Å²) in [5, 5.41) is 1.20. The van der Waals surface area contributed by atoms with Gasteiger partial charge in [-0.25, -0.2) is 0 Å². The Morgan fingerprint density at radius 1 is 0.607 bits per heavy atom. The normalized spacial score (nSPS) is 15.4. The fraction of sp³-hybridized carbons (Fsp3) is 0.0769. The van der Waals surface area contributed by atoms with E-state index in [2.05, 4.69) is 73.5 Å². The van der Waals surface area contributed by atoms with Gasteiger partial charge in [-0.3, -0.25) is 0 Å². The van der Waals surface area contributed by atoms with Crippen LogP contribution in [0.3, 0.4) is 0 Å². The van der Waals surface area contributed by atoms with Crippen molar-refractivity contribution in [3.05, 3.63) is 118 Å². The predicted octanol–water partition coefficient (Wildman–Crippen LogP) is 6.94. The van der Waals surface area contributed by atoms with Crippen LogP contribution >= 0.6 is 11.6 Å². The molecule has 1 aliphatic heterocycles. The Balaban J connectivity index is 1.97. The third-order valence-electron chi connectivity index (χ3n) is 5.12. The number of hydrogen-bond acceptors (Lipinski definition) is 0. The molecule has 136 valence electrons. The van der Waals surface area contributed by atoms with Crippen LogP contribution in [-0.4, -0.2) is 8.07 Å². The van der Waals surface area contributed by atoms with Gasteiger partial charge in [0.05, 0.1) is 0 Å². The minimum Gasteiger partial charge on any atom is -0.0931 e. The molecule has 0 aromatic heterocycles. The molecule has 28 heavy (non-hydrogen) atoms. The van der Waals surface area contributed by atoms with Gasteiger partial charge in [-0.2, -0.15) is 0 Å². The maximum absolute atomic E-state index is 7.06. The minimum absolute atomic E-state index is 0.981. The second-order valence-corrected chi connectivity index (χ2v) is 12.4. The summed E-state index contributed by atoms with van der Waals surface area (Å²) in [5.41, 5.74) is 5.69. The van der Waals surface area contributed by atoms with Gasteiger partial charge in [-0.05, 0) is 28.8 Å². The molecule has 0 atom stereocenters. The first-order valence-corrected chi connectivity index (χ1v) is 12.8. The lowest BCUT2D eigenvalue weighted by molar-refractivity contribution is 1.59. The Morgan fingerprint density at radius 2 is 1.07 bits per heavy atom. The molecule has 1 heterocycles. The van der Waals surface area contributed by atoms with Gasteiger partial charge in [-0.1, -0.05) is 115 Å². The Morgan fingerprint density at radius 3 is 1.61 bits per heavy atom. The van der Waals surface area contributed by atoms with Crippen molar-refractivity contribution in [2.75, 3.05) is 0 Å². The van der Waals surface area contributed by atoms with E-state index >= 15 is 0 Å². The maximum Gasteiger partial charge on any atom is 0.138 e. The number of rotatable bonds is 2. The van der Waals surface area contributed by atoms with Crippen LogP contribution in [0.2, 0.25) is 13.1 Å². The monoisotopic (exact) mass is 396 g/mol. The van der Waals surface area contributed by atoms with Gasteiger partial charge in [-0.15, -0.1) is 0 Å². The highest BCUT2D eigenvalue weighted by Crippen LogP contribution is 2.49. The summed E-state index contributed by atoms with van der Waals surface area (Å²) < 4.78 is 0.981. The molecule has 0 saturated heterocycles. The minimum atomic E-state index is -2.07. The van der Waals surface area contributed by atoms with Crippen molar-refractivity contribution in [2.24, 2.45) is 0 Å². The molecule has 0 nitrogen and oxygen atoms in total. The fourth-order valence-corrected chi connectivity index (χ4v) is 6.48. The molecule has 1 aliphatic rings. The zero-order chi connectivity index (χ0) is 19.6. The van der Waals surface area contributed by atoms with Gasteiger partial charge in [0.1, 0.15) is 8.07 Å². The van der Waals surface area contributed by atoms with Crippen LogP contribution in [-0.2, 0) is 0 Å². The second-order valence-electron chi connectivity index (χ2n) is 7.41. The average Bonchev–Trinajstić information content (AvgIpc) is 2.94. The summed E-state index contributed by atoms with van der Waals surface area (Å²) in [7, 11) is -2.07. The predicted molar refractivity (Wildman–Crippen MR) is 123 cm³/mol. The van der Waals surface area contributed by atoms with Crippen LogP contribution in [0.5, 0.6) is 0 Å². The lowest BCUT2D eigenvalue weighted by Gasteiger charge is -2.17. The van der Waals surface area contributed by atoms with Gasteiger partial charge >= 0.3 is 0 Å². The lowest BCUT2D eigenvalue weighted by Crippen LogP contribution is -2.27. The molecule has 0 fully saturated rings. The molecule has 0 N–H and O–H groups in total. The molecule has 3 aromatic rings. The summed E-state index contributed by atoms with van der Waals surface area (Å²) in [6.07, 6.45) is 0. The van der Waals surface area contributed by atoms with Gasteiger partial charge in [0.15, 0.2) is 0 Å². The Labute approximate surface area is 173 Å². The van der Waals surface area contributed by atoms with Crippen LogP contribution < -0.4 is 0 Å². The smallest absolute Gasteiger partial charge is 0.0931 e. The van der Waals surface area contributed by atoms with Crippen LogP contribution in [0.15, 0.2) is 101 Å². The summed E-state index contributed by atoms with van der Waals surface area (Å²) in [5.74, 6) is 6.91. The third kappa shape index (κ3) is 3.38. The fourth-order valence-electron chi connectivity index (χ4n) is 3.61. The van der Waals surface area contributed by atoms with Gasteiger partial charge < -0.3 is 0 Å². The van der Waals surface area contributed by atoms with Crippen molar-refractivity contribution < 1.29 is 0 Å². The number of benzene rings is 3. The van der Waals surface area contributed by atoms with E-state index in [9.17, 15) is 0 Å². The molecule has 0 amide bonds. The van der Waals surface area contributed by atoms with E-state index in [0.717, 1.165) is 21.4 Å². The van der Waals surface area contributed by atoms with E-state index in [4.69, 9.17) is 11.6 Å². The summed E-state index contributed by atoms with van der Waals surface area (Å²) in [4.78, 5) is 0. The molecule has 4 rings (SSSR count). The molecule has 0 spiro atoms. The summed E-state index contributed by atoms with van der Waals surface area (Å²) in [6, 6.07) is 31.1. The number of hydrogen-bond donors (Lipinski definition) is 0.